The van der Waals surface area contributed by atoms with Crippen LogP contribution in [0.15, 0.2) is 42.5 Å². The van der Waals surface area contributed by atoms with Crippen molar-refractivity contribution in [2.24, 2.45) is 0 Å². The highest BCUT2D eigenvalue weighted by molar-refractivity contribution is 5.62. The quantitative estimate of drug-likeness (QED) is 0.819. The molecule has 0 aliphatic carbocycles. The molecule has 2 aromatic rings. The van der Waals surface area contributed by atoms with E-state index in [1.165, 1.54) is 11.1 Å². The maximum absolute atomic E-state index is 8.98. The summed E-state index contributed by atoms with van der Waals surface area (Å²) in [5.41, 5.74) is 10.1. The third-order valence-corrected chi connectivity index (χ3v) is 3.21. The molecule has 0 amide bonds. The van der Waals surface area contributed by atoms with Crippen LogP contribution in [0.3, 0.4) is 0 Å². The first kappa shape index (κ1) is 13.0. The van der Waals surface area contributed by atoms with Crippen molar-refractivity contribution in [3.8, 4) is 6.07 Å². The van der Waals surface area contributed by atoms with E-state index in [1.54, 1.807) is 12.1 Å². The number of benzene rings is 2. The minimum atomic E-state index is 0.177. The Morgan fingerprint density at radius 1 is 1.21 bits per heavy atom. The largest absolute Gasteiger partial charge is 0.398 e. The lowest BCUT2D eigenvalue weighted by atomic mass is 10.0. The number of nitriles is 1. The van der Waals surface area contributed by atoms with E-state index in [0.29, 0.717) is 11.3 Å². The number of aryl methyl sites for hydroxylation is 1. The number of nitrogens with one attached hydrogen (secondary N) is 1. The number of nitrogen functional groups attached to an aromatic ring is 1. The Bertz CT molecular complexity index is 626. The molecular weight excluding hydrogens is 234 g/mol. The van der Waals surface area contributed by atoms with Crippen LogP contribution in [0.2, 0.25) is 0 Å². The summed E-state index contributed by atoms with van der Waals surface area (Å²) in [5.74, 6) is 0. The molecule has 0 saturated carbocycles. The molecule has 0 saturated heterocycles. The second-order valence-corrected chi connectivity index (χ2v) is 4.64. The number of nitrogens with zero attached hydrogens (tertiary/aromatic N) is 1. The topological polar surface area (TPSA) is 61.8 Å². The van der Waals surface area contributed by atoms with Crippen molar-refractivity contribution in [2.45, 2.75) is 19.9 Å². The van der Waals surface area contributed by atoms with Gasteiger partial charge in [0.05, 0.1) is 5.56 Å². The summed E-state index contributed by atoms with van der Waals surface area (Å²) in [6, 6.07) is 16.0. The molecule has 0 radical (unpaired) electrons. The van der Waals surface area contributed by atoms with Crippen molar-refractivity contribution in [1.82, 2.24) is 0 Å². The van der Waals surface area contributed by atoms with Gasteiger partial charge < -0.3 is 11.1 Å². The van der Waals surface area contributed by atoms with Crippen LogP contribution in [0.4, 0.5) is 11.4 Å². The third kappa shape index (κ3) is 2.86. The monoisotopic (exact) mass is 251 g/mol. The Balaban J connectivity index is 2.22. The smallest absolute Gasteiger partial charge is 0.101 e. The van der Waals surface area contributed by atoms with Crippen molar-refractivity contribution in [3.05, 3.63) is 59.2 Å². The number of hydrogen-bond donors (Lipinski definition) is 2. The van der Waals surface area contributed by atoms with E-state index < -0.39 is 0 Å². The Morgan fingerprint density at radius 2 is 1.95 bits per heavy atom. The van der Waals surface area contributed by atoms with Gasteiger partial charge in [-0.1, -0.05) is 24.3 Å². The van der Waals surface area contributed by atoms with Crippen LogP contribution in [0, 0.1) is 18.3 Å². The van der Waals surface area contributed by atoms with Crippen molar-refractivity contribution in [2.75, 3.05) is 11.1 Å². The molecule has 96 valence electrons. The molecule has 19 heavy (non-hydrogen) atoms. The van der Waals surface area contributed by atoms with Crippen molar-refractivity contribution < 1.29 is 0 Å². The zero-order chi connectivity index (χ0) is 13.8. The van der Waals surface area contributed by atoms with Gasteiger partial charge in [-0.15, -0.1) is 0 Å². The van der Waals surface area contributed by atoms with E-state index in [-0.39, 0.29) is 6.04 Å². The van der Waals surface area contributed by atoms with E-state index in [4.69, 9.17) is 11.0 Å². The fraction of sp³-hybridized carbons (Fsp3) is 0.188. The molecule has 1 atom stereocenters. The van der Waals surface area contributed by atoms with Crippen LogP contribution >= 0.6 is 0 Å². The average molecular weight is 251 g/mol. The van der Waals surface area contributed by atoms with E-state index in [9.17, 15) is 0 Å². The van der Waals surface area contributed by atoms with Crippen LogP contribution in [-0.4, -0.2) is 0 Å². The molecule has 2 rings (SSSR count). The van der Waals surface area contributed by atoms with Gasteiger partial charge in [0, 0.05) is 17.4 Å². The molecule has 2 aromatic carbocycles. The van der Waals surface area contributed by atoms with Crippen LogP contribution in [0.1, 0.15) is 29.7 Å². The minimum Gasteiger partial charge on any atom is -0.398 e. The van der Waals surface area contributed by atoms with E-state index in [0.717, 1.165) is 5.69 Å². The zero-order valence-corrected chi connectivity index (χ0v) is 11.1. The number of nitrogens with two attached hydrogens (primary N) is 1. The Morgan fingerprint density at radius 3 is 2.63 bits per heavy atom. The second-order valence-electron chi connectivity index (χ2n) is 4.64. The number of anilines is 2. The van der Waals surface area contributed by atoms with Gasteiger partial charge in [0.1, 0.15) is 6.07 Å². The fourth-order valence-corrected chi connectivity index (χ4v) is 2.14. The fourth-order valence-electron chi connectivity index (χ4n) is 2.14. The predicted molar refractivity (Wildman–Crippen MR) is 78.8 cm³/mol. The van der Waals surface area contributed by atoms with Gasteiger partial charge in [0.2, 0.25) is 0 Å². The minimum absolute atomic E-state index is 0.177. The van der Waals surface area contributed by atoms with Crippen molar-refractivity contribution >= 4 is 11.4 Å². The third-order valence-electron chi connectivity index (χ3n) is 3.21. The van der Waals surface area contributed by atoms with Crippen LogP contribution < -0.4 is 11.1 Å². The van der Waals surface area contributed by atoms with Gasteiger partial charge in [0.15, 0.2) is 0 Å². The number of rotatable bonds is 3. The predicted octanol–water partition coefficient (Wildman–Crippen LogP) is 3.62. The van der Waals surface area contributed by atoms with Crippen LogP contribution in [-0.2, 0) is 0 Å². The highest BCUT2D eigenvalue weighted by Gasteiger charge is 2.08. The number of hydrogen-bond acceptors (Lipinski definition) is 3. The highest BCUT2D eigenvalue weighted by atomic mass is 14.9. The van der Waals surface area contributed by atoms with Crippen molar-refractivity contribution in [3.63, 3.8) is 0 Å². The standard InChI is InChI=1S/C16H17N3/c1-11-5-3-4-6-15(11)12(2)19-14-7-8-16(18)13(9-14)10-17/h3-9,12,19H,18H2,1-2H3. The first-order chi connectivity index (χ1) is 9.11. The summed E-state index contributed by atoms with van der Waals surface area (Å²) in [6.45, 7) is 4.20. The van der Waals surface area contributed by atoms with Gasteiger partial charge in [0.25, 0.3) is 0 Å². The lowest BCUT2D eigenvalue weighted by Gasteiger charge is -2.18. The van der Waals surface area contributed by atoms with Crippen LogP contribution in [0.25, 0.3) is 0 Å². The summed E-state index contributed by atoms with van der Waals surface area (Å²) in [5, 5.41) is 12.4. The molecule has 0 aliphatic rings. The zero-order valence-electron chi connectivity index (χ0n) is 11.1. The van der Waals surface area contributed by atoms with Crippen LogP contribution in [0.5, 0.6) is 0 Å². The Labute approximate surface area is 113 Å². The van der Waals surface area contributed by atoms with E-state index >= 15 is 0 Å². The molecule has 3 heteroatoms. The summed E-state index contributed by atoms with van der Waals surface area (Å²) < 4.78 is 0. The molecule has 0 heterocycles. The molecule has 1 unspecified atom stereocenters. The summed E-state index contributed by atoms with van der Waals surface area (Å²) in [6.07, 6.45) is 0. The van der Waals surface area contributed by atoms with E-state index in [1.807, 2.05) is 18.2 Å². The maximum Gasteiger partial charge on any atom is 0.101 e. The van der Waals surface area contributed by atoms with Gasteiger partial charge in [-0.3, -0.25) is 0 Å². The first-order valence-electron chi connectivity index (χ1n) is 6.23. The van der Waals surface area contributed by atoms with Gasteiger partial charge in [-0.2, -0.15) is 5.26 Å². The first-order valence-corrected chi connectivity index (χ1v) is 6.23. The average Bonchev–Trinajstić information content (AvgIpc) is 2.41. The Hall–Kier alpha value is -2.47. The Kier molecular flexibility index (Phi) is 3.72. The van der Waals surface area contributed by atoms with Crippen molar-refractivity contribution in [1.29, 1.82) is 5.26 Å². The lowest BCUT2D eigenvalue weighted by Crippen LogP contribution is -2.08. The molecule has 3 nitrogen and oxygen atoms in total. The van der Waals surface area contributed by atoms with E-state index in [2.05, 4.69) is 37.4 Å². The molecule has 0 fully saturated rings. The summed E-state index contributed by atoms with van der Waals surface area (Å²) in [7, 11) is 0. The summed E-state index contributed by atoms with van der Waals surface area (Å²) >= 11 is 0. The SMILES string of the molecule is Cc1ccccc1C(C)Nc1ccc(N)c(C#N)c1. The normalized spacial score (nSPS) is 11.6. The molecule has 0 aromatic heterocycles. The van der Waals surface area contributed by atoms with Gasteiger partial charge in [-0.25, -0.2) is 0 Å². The molecular formula is C16H17N3. The molecule has 0 bridgehead atoms. The lowest BCUT2D eigenvalue weighted by molar-refractivity contribution is 0.874. The molecule has 0 aliphatic heterocycles. The van der Waals surface area contributed by atoms with Gasteiger partial charge >= 0.3 is 0 Å². The molecule has 0 spiro atoms. The molecule has 3 N–H and O–H groups in total. The maximum atomic E-state index is 8.98. The van der Waals surface area contributed by atoms with Gasteiger partial charge in [-0.05, 0) is 43.2 Å². The second kappa shape index (κ2) is 5.45. The summed E-state index contributed by atoms with van der Waals surface area (Å²) in [4.78, 5) is 0. The highest BCUT2D eigenvalue weighted by Crippen LogP contribution is 2.24.